The molecular weight excluding hydrogens is 240 g/mol. The lowest BCUT2D eigenvalue weighted by Gasteiger charge is -2.09. The summed E-state index contributed by atoms with van der Waals surface area (Å²) in [5, 5.41) is 0. The van der Waals surface area contributed by atoms with Crippen LogP contribution in [0.25, 0.3) is 22.6 Å². The molecule has 0 saturated carbocycles. The average Bonchev–Trinajstić information content (AvgIpc) is 2.81. The molecule has 3 heterocycles. The summed E-state index contributed by atoms with van der Waals surface area (Å²) in [6.45, 7) is 0. The first kappa shape index (κ1) is 11.5. The van der Waals surface area contributed by atoms with Gasteiger partial charge in [-0.25, -0.2) is 9.97 Å². The molecule has 0 fully saturated rings. The predicted octanol–water partition coefficient (Wildman–Crippen LogP) is 1.67. The van der Waals surface area contributed by atoms with E-state index in [1.165, 1.54) is 0 Å². The molecule has 96 valence electrons. The van der Waals surface area contributed by atoms with Gasteiger partial charge in [0.2, 0.25) is 0 Å². The Morgan fingerprint density at radius 2 is 2.00 bits per heavy atom. The smallest absolute Gasteiger partial charge is 0.180 e. The van der Waals surface area contributed by atoms with Crippen molar-refractivity contribution in [2.75, 3.05) is 24.7 Å². The number of rotatable bonds is 2. The number of aromatic nitrogens is 4. The van der Waals surface area contributed by atoms with Crippen LogP contribution in [0.3, 0.4) is 0 Å². The second kappa shape index (κ2) is 4.24. The zero-order valence-corrected chi connectivity index (χ0v) is 10.8. The molecule has 0 aliphatic heterocycles. The molecule has 0 aromatic carbocycles. The fourth-order valence-electron chi connectivity index (χ4n) is 1.86. The molecule has 0 aliphatic carbocycles. The Labute approximate surface area is 110 Å². The van der Waals surface area contributed by atoms with Gasteiger partial charge in [0, 0.05) is 32.1 Å². The van der Waals surface area contributed by atoms with Crippen molar-refractivity contribution in [1.82, 2.24) is 19.9 Å². The molecule has 0 spiro atoms. The third kappa shape index (κ3) is 2.08. The molecule has 0 atom stereocenters. The normalized spacial score (nSPS) is 10.8. The number of nitrogens with two attached hydrogens (primary N) is 1. The molecule has 6 heteroatoms. The summed E-state index contributed by atoms with van der Waals surface area (Å²) in [4.78, 5) is 18.2. The topological polar surface area (TPSA) is 83.7 Å². The van der Waals surface area contributed by atoms with Crippen LogP contribution < -0.4 is 10.6 Å². The van der Waals surface area contributed by atoms with E-state index in [-0.39, 0.29) is 0 Å². The van der Waals surface area contributed by atoms with Gasteiger partial charge in [0.15, 0.2) is 5.65 Å². The Hall–Kier alpha value is -2.63. The van der Waals surface area contributed by atoms with E-state index in [0.717, 1.165) is 22.7 Å². The SMILES string of the molecule is CN(C)c1ccc2[nH]c(-c3cncc(N)c3)nc2n1. The maximum Gasteiger partial charge on any atom is 0.180 e. The van der Waals surface area contributed by atoms with Crippen molar-refractivity contribution in [3.8, 4) is 11.4 Å². The third-order valence-corrected chi connectivity index (χ3v) is 2.82. The number of pyridine rings is 2. The van der Waals surface area contributed by atoms with Crippen LogP contribution in [0.1, 0.15) is 0 Å². The van der Waals surface area contributed by atoms with Crippen molar-refractivity contribution in [3.05, 3.63) is 30.6 Å². The van der Waals surface area contributed by atoms with Crippen molar-refractivity contribution in [2.45, 2.75) is 0 Å². The summed E-state index contributed by atoms with van der Waals surface area (Å²) in [6, 6.07) is 5.74. The molecule has 0 radical (unpaired) electrons. The molecule has 0 bridgehead atoms. The number of anilines is 2. The quantitative estimate of drug-likeness (QED) is 0.726. The highest BCUT2D eigenvalue weighted by atomic mass is 15.1. The first-order chi connectivity index (χ1) is 9.13. The lowest BCUT2D eigenvalue weighted by Crippen LogP contribution is -2.10. The average molecular weight is 254 g/mol. The fraction of sp³-hybridized carbons (Fsp3) is 0.154. The summed E-state index contributed by atoms with van der Waals surface area (Å²) in [6.07, 6.45) is 3.33. The van der Waals surface area contributed by atoms with Gasteiger partial charge < -0.3 is 15.6 Å². The lowest BCUT2D eigenvalue weighted by atomic mass is 10.2. The van der Waals surface area contributed by atoms with Crippen LogP contribution in [0.5, 0.6) is 0 Å². The molecule has 3 aromatic rings. The lowest BCUT2D eigenvalue weighted by molar-refractivity contribution is 1.08. The summed E-state index contributed by atoms with van der Waals surface area (Å²) in [5.41, 5.74) is 8.77. The second-order valence-corrected chi connectivity index (χ2v) is 4.53. The Kier molecular flexibility index (Phi) is 2.56. The van der Waals surface area contributed by atoms with E-state index in [0.29, 0.717) is 11.3 Å². The highest BCUT2D eigenvalue weighted by molar-refractivity contribution is 5.77. The van der Waals surface area contributed by atoms with Crippen LogP contribution in [-0.2, 0) is 0 Å². The summed E-state index contributed by atoms with van der Waals surface area (Å²) in [7, 11) is 3.90. The van der Waals surface area contributed by atoms with Gasteiger partial charge in [-0.2, -0.15) is 0 Å². The number of H-pyrrole nitrogens is 1. The highest BCUT2D eigenvalue weighted by Gasteiger charge is 2.08. The Morgan fingerprint density at radius 1 is 1.16 bits per heavy atom. The third-order valence-electron chi connectivity index (χ3n) is 2.82. The Bertz CT molecular complexity index is 731. The van der Waals surface area contributed by atoms with E-state index in [4.69, 9.17) is 5.73 Å². The monoisotopic (exact) mass is 254 g/mol. The maximum absolute atomic E-state index is 5.73. The zero-order valence-electron chi connectivity index (χ0n) is 10.8. The largest absolute Gasteiger partial charge is 0.397 e. The van der Waals surface area contributed by atoms with E-state index in [9.17, 15) is 0 Å². The van der Waals surface area contributed by atoms with Gasteiger partial charge in [0.05, 0.1) is 11.2 Å². The van der Waals surface area contributed by atoms with Crippen LogP contribution >= 0.6 is 0 Å². The van der Waals surface area contributed by atoms with E-state index in [2.05, 4.69) is 19.9 Å². The van der Waals surface area contributed by atoms with Gasteiger partial charge in [0.1, 0.15) is 11.6 Å². The number of nitrogens with zero attached hydrogens (tertiary/aromatic N) is 4. The predicted molar refractivity (Wildman–Crippen MR) is 75.9 cm³/mol. The number of hydrogen-bond donors (Lipinski definition) is 2. The van der Waals surface area contributed by atoms with Crippen LogP contribution in [0.15, 0.2) is 30.6 Å². The Morgan fingerprint density at radius 3 is 2.74 bits per heavy atom. The Balaban J connectivity index is 2.11. The van der Waals surface area contributed by atoms with E-state index in [1.54, 1.807) is 12.4 Å². The number of nitrogen functional groups attached to an aromatic ring is 1. The van der Waals surface area contributed by atoms with Gasteiger partial charge in [-0.1, -0.05) is 0 Å². The van der Waals surface area contributed by atoms with Crippen molar-refractivity contribution in [3.63, 3.8) is 0 Å². The molecule has 0 amide bonds. The minimum atomic E-state index is 0.611. The van der Waals surface area contributed by atoms with Crippen molar-refractivity contribution in [2.24, 2.45) is 0 Å². The minimum Gasteiger partial charge on any atom is -0.397 e. The first-order valence-electron chi connectivity index (χ1n) is 5.88. The molecule has 19 heavy (non-hydrogen) atoms. The van der Waals surface area contributed by atoms with Gasteiger partial charge in [-0.05, 0) is 18.2 Å². The minimum absolute atomic E-state index is 0.611. The molecular formula is C13H14N6. The molecule has 0 aliphatic rings. The summed E-state index contributed by atoms with van der Waals surface area (Å²) in [5.74, 6) is 1.59. The van der Waals surface area contributed by atoms with E-state index in [1.807, 2.05) is 37.2 Å². The summed E-state index contributed by atoms with van der Waals surface area (Å²) >= 11 is 0. The summed E-state index contributed by atoms with van der Waals surface area (Å²) < 4.78 is 0. The molecule has 3 aromatic heterocycles. The molecule has 0 unspecified atom stereocenters. The highest BCUT2D eigenvalue weighted by Crippen LogP contribution is 2.21. The number of nitrogens with one attached hydrogen (secondary N) is 1. The first-order valence-corrected chi connectivity index (χ1v) is 5.88. The standard InChI is InChI=1S/C13H14N6/c1-19(2)11-4-3-10-13(17-11)18-12(16-10)8-5-9(14)7-15-6-8/h3-7H,14H2,1-2H3,(H,16,17,18). The van der Waals surface area contributed by atoms with Crippen molar-refractivity contribution < 1.29 is 0 Å². The van der Waals surface area contributed by atoms with Gasteiger partial charge >= 0.3 is 0 Å². The second-order valence-electron chi connectivity index (χ2n) is 4.53. The zero-order chi connectivity index (χ0) is 13.4. The van der Waals surface area contributed by atoms with Crippen LogP contribution in [-0.4, -0.2) is 34.0 Å². The molecule has 3 N–H and O–H groups in total. The van der Waals surface area contributed by atoms with Crippen LogP contribution in [0.4, 0.5) is 11.5 Å². The van der Waals surface area contributed by atoms with Crippen LogP contribution in [0.2, 0.25) is 0 Å². The number of aromatic amines is 1. The number of fused-ring (bicyclic) bond motifs is 1. The molecule has 6 nitrogen and oxygen atoms in total. The number of hydrogen-bond acceptors (Lipinski definition) is 5. The van der Waals surface area contributed by atoms with Crippen LogP contribution in [0, 0.1) is 0 Å². The number of imidazole rings is 1. The van der Waals surface area contributed by atoms with Gasteiger partial charge in [0.25, 0.3) is 0 Å². The van der Waals surface area contributed by atoms with E-state index < -0.39 is 0 Å². The van der Waals surface area contributed by atoms with Crippen molar-refractivity contribution >= 4 is 22.7 Å². The van der Waals surface area contributed by atoms with Gasteiger partial charge in [-0.15, -0.1) is 0 Å². The molecule has 3 rings (SSSR count). The van der Waals surface area contributed by atoms with Crippen molar-refractivity contribution in [1.29, 1.82) is 0 Å². The maximum atomic E-state index is 5.73. The molecule has 0 saturated heterocycles. The van der Waals surface area contributed by atoms with Gasteiger partial charge in [-0.3, -0.25) is 4.98 Å². The van der Waals surface area contributed by atoms with E-state index >= 15 is 0 Å². The fourth-order valence-corrected chi connectivity index (χ4v) is 1.86.